The minimum atomic E-state index is -0.434. The van der Waals surface area contributed by atoms with Crippen LogP contribution in [0.2, 0.25) is 0 Å². The van der Waals surface area contributed by atoms with Crippen LogP contribution in [0.25, 0.3) is 0 Å². The number of aromatic nitrogens is 1. The van der Waals surface area contributed by atoms with Crippen LogP contribution in [-0.2, 0) is 0 Å². The minimum Gasteiger partial charge on any atom is -0.436 e. The lowest BCUT2D eigenvalue weighted by Gasteiger charge is -2.08. The van der Waals surface area contributed by atoms with Crippen LogP contribution >= 0.6 is 15.9 Å². The molecule has 1 aromatic heterocycles. The number of hydrogen-bond donors (Lipinski definition) is 1. The van der Waals surface area contributed by atoms with E-state index in [1.165, 1.54) is 6.07 Å². The number of nitrogens with two attached hydrogens (primary N) is 1. The van der Waals surface area contributed by atoms with Crippen LogP contribution in [0.4, 0.5) is 4.39 Å². The summed E-state index contributed by atoms with van der Waals surface area (Å²) >= 11 is 3.26. The van der Waals surface area contributed by atoms with Crippen LogP contribution in [0.15, 0.2) is 41.0 Å². The first-order valence-corrected chi connectivity index (χ1v) is 6.20. The van der Waals surface area contributed by atoms with Gasteiger partial charge in [0.2, 0.25) is 5.88 Å². The summed E-state index contributed by atoms with van der Waals surface area (Å²) < 4.78 is 19.6. The average Bonchev–Trinajstić information content (AvgIpc) is 2.34. The molecule has 1 heterocycles. The van der Waals surface area contributed by atoms with Gasteiger partial charge in [0.05, 0.1) is 0 Å². The number of ether oxygens (including phenoxy) is 1. The zero-order valence-corrected chi connectivity index (χ0v) is 11.3. The quantitative estimate of drug-likeness (QED) is 0.938. The first kappa shape index (κ1) is 13.0. The number of benzene rings is 1. The zero-order valence-electron chi connectivity index (χ0n) is 9.73. The smallest absolute Gasteiger partial charge is 0.219 e. The van der Waals surface area contributed by atoms with E-state index in [0.717, 1.165) is 10.0 Å². The van der Waals surface area contributed by atoms with E-state index in [1.54, 1.807) is 24.4 Å². The van der Waals surface area contributed by atoms with Gasteiger partial charge >= 0.3 is 0 Å². The van der Waals surface area contributed by atoms with Crippen LogP contribution in [0.1, 0.15) is 18.5 Å². The SMILES string of the molecule is C[C@@H](N)c1ccc(Oc2cc(Br)ccc2F)nc1. The summed E-state index contributed by atoms with van der Waals surface area (Å²) in [5, 5.41) is 0. The van der Waals surface area contributed by atoms with Gasteiger partial charge in [-0.05, 0) is 30.7 Å². The maximum absolute atomic E-state index is 13.5. The molecule has 0 aliphatic carbocycles. The molecule has 2 aromatic rings. The van der Waals surface area contributed by atoms with Crippen molar-refractivity contribution in [1.82, 2.24) is 4.98 Å². The van der Waals surface area contributed by atoms with Crippen LogP contribution in [0, 0.1) is 5.82 Å². The van der Waals surface area contributed by atoms with Gasteiger partial charge in [0.1, 0.15) is 0 Å². The lowest BCUT2D eigenvalue weighted by molar-refractivity contribution is 0.426. The zero-order chi connectivity index (χ0) is 13.1. The van der Waals surface area contributed by atoms with E-state index in [-0.39, 0.29) is 11.8 Å². The Morgan fingerprint density at radius 1 is 1.33 bits per heavy atom. The predicted molar refractivity (Wildman–Crippen MR) is 71.0 cm³/mol. The van der Waals surface area contributed by atoms with Crippen molar-refractivity contribution in [3.63, 3.8) is 0 Å². The Kier molecular flexibility index (Phi) is 3.93. The fourth-order valence-corrected chi connectivity index (χ4v) is 1.73. The molecule has 0 fully saturated rings. The molecule has 0 amide bonds. The molecule has 2 N–H and O–H groups in total. The van der Waals surface area contributed by atoms with E-state index in [4.69, 9.17) is 10.5 Å². The predicted octanol–water partition coefficient (Wildman–Crippen LogP) is 3.80. The van der Waals surface area contributed by atoms with Crippen LogP contribution < -0.4 is 10.5 Å². The average molecular weight is 311 g/mol. The van der Waals surface area contributed by atoms with Crippen LogP contribution in [-0.4, -0.2) is 4.98 Å². The number of nitrogens with zero attached hydrogens (tertiary/aromatic N) is 1. The molecule has 0 unspecified atom stereocenters. The second-order valence-electron chi connectivity index (χ2n) is 3.90. The van der Waals surface area contributed by atoms with Crippen molar-refractivity contribution >= 4 is 15.9 Å². The van der Waals surface area contributed by atoms with E-state index in [0.29, 0.717) is 5.88 Å². The van der Waals surface area contributed by atoms with Crippen LogP contribution in [0.5, 0.6) is 11.6 Å². The van der Waals surface area contributed by atoms with E-state index in [1.807, 2.05) is 13.0 Å². The molecule has 0 radical (unpaired) electrons. The van der Waals surface area contributed by atoms with E-state index < -0.39 is 5.82 Å². The maximum Gasteiger partial charge on any atom is 0.219 e. The first-order valence-electron chi connectivity index (χ1n) is 5.40. The van der Waals surface area contributed by atoms with Crippen LogP contribution in [0.3, 0.4) is 0 Å². The van der Waals surface area contributed by atoms with Crippen molar-refractivity contribution in [1.29, 1.82) is 0 Å². The Morgan fingerprint density at radius 3 is 2.72 bits per heavy atom. The molecule has 0 saturated heterocycles. The molecule has 0 aliphatic heterocycles. The highest BCUT2D eigenvalue weighted by Gasteiger charge is 2.07. The molecular formula is C13H12BrFN2O. The molecule has 1 aromatic carbocycles. The Labute approximate surface area is 113 Å². The van der Waals surface area contributed by atoms with Gasteiger partial charge in [0.15, 0.2) is 11.6 Å². The van der Waals surface area contributed by atoms with Gasteiger partial charge < -0.3 is 10.5 Å². The molecule has 3 nitrogen and oxygen atoms in total. The molecule has 1 atom stereocenters. The van der Waals surface area contributed by atoms with Crippen molar-refractivity contribution in [3.05, 3.63) is 52.4 Å². The highest BCUT2D eigenvalue weighted by atomic mass is 79.9. The Bertz CT molecular complexity index is 543. The van der Waals surface area contributed by atoms with Crippen molar-refractivity contribution in [3.8, 4) is 11.6 Å². The standard InChI is InChI=1S/C13H12BrFN2O/c1-8(16)9-2-5-13(17-7-9)18-12-6-10(14)3-4-11(12)15/h2-8H,16H2,1H3/t8-/m1/s1. The summed E-state index contributed by atoms with van der Waals surface area (Å²) in [7, 11) is 0. The molecule has 94 valence electrons. The van der Waals surface area contributed by atoms with Crippen molar-refractivity contribution in [2.45, 2.75) is 13.0 Å². The number of hydrogen-bond acceptors (Lipinski definition) is 3. The van der Waals surface area contributed by atoms with E-state index in [9.17, 15) is 4.39 Å². The number of halogens is 2. The molecule has 0 saturated carbocycles. The molecule has 2 rings (SSSR count). The second-order valence-corrected chi connectivity index (χ2v) is 4.81. The lowest BCUT2D eigenvalue weighted by atomic mass is 10.2. The highest BCUT2D eigenvalue weighted by molar-refractivity contribution is 9.10. The maximum atomic E-state index is 13.5. The third-order valence-corrected chi connectivity index (χ3v) is 2.89. The molecule has 5 heteroatoms. The molecule has 18 heavy (non-hydrogen) atoms. The highest BCUT2D eigenvalue weighted by Crippen LogP contribution is 2.26. The summed E-state index contributed by atoms with van der Waals surface area (Å²) in [6, 6.07) is 7.87. The van der Waals surface area contributed by atoms with Gasteiger partial charge in [-0.1, -0.05) is 22.0 Å². The van der Waals surface area contributed by atoms with Gasteiger partial charge in [0, 0.05) is 22.8 Å². The molecule has 0 aliphatic rings. The normalized spacial score (nSPS) is 12.2. The first-order chi connectivity index (χ1) is 8.56. The third kappa shape index (κ3) is 3.05. The van der Waals surface area contributed by atoms with Gasteiger partial charge in [-0.15, -0.1) is 0 Å². The molecular weight excluding hydrogens is 299 g/mol. The number of pyridine rings is 1. The Balaban J connectivity index is 2.21. The Morgan fingerprint density at radius 2 is 2.11 bits per heavy atom. The number of rotatable bonds is 3. The minimum absolute atomic E-state index is 0.0887. The van der Waals surface area contributed by atoms with Crippen molar-refractivity contribution in [2.24, 2.45) is 5.73 Å². The Hall–Kier alpha value is -1.46. The van der Waals surface area contributed by atoms with E-state index in [2.05, 4.69) is 20.9 Å². The van der Waals surface area contributed by atoms with Crippen molar-refractivity contribution in [2.75, 3.05) is 0 Å². The summed E-state index contributed by atoms with van der Waals surface area (Å²) in [5.41, 5.74) is 6.61. The fourth-order valence-electron chi connectivity index (χ4n) is 1.39. The monoisotopic (exact) mass is 310 g/mol. The van der Waals surface area contributed by atoms with Crippen molar-refractivity contribution < 1.29 is 9.13 Å². The van der Waals surface area contributed by atoms with Gasteiger partial charge in [0.25, 0.3) is 0 Å². The third-order valence-electron chi connectivity index (χ3n) is 2.39. The second kappa shape index (κ2) is 5.46. The summed E-state index contributed by atoms with van der Waals surface area (Å²) in [4.78, 5) is 4.08. The van der Waals surface area contributed by atoms with Gasteiger partial charge in [-0.2, -0.15) is 0 Å². The largest absolute Gasteiger partial charge is 0.436 e. The van der Waals surface area contributed by atoms with Gasteiger partial charge in [-0.25, -0.2) is 9.37 Å². The molecule has 0 bridgehead atoms. The molecule has 0 spiro atoms. The van der Waals surface area contributed by atoms with E-state index >= 15 is 0 Å². The lowest BCUT2D eigenvalue weighted by Crippen LogP contribution is -2.05. The topological polar surface area (TPSA) is 48.1 Å². The fraction of sp³-hybridized carbons (Fsp3) is 0.154. The summed E-state index contributed by atoms with van der Waals surface area (Å²) in [5.74, 6) is 0.0260. The summed E-state index contributed by atoms with van der Waals surface area (Å²) in [6.07, 6.45) is 1.62. The van der Waals surface area contributed by atoms with Gasteiger partial charge in [-0.3, -0.25) is 0 Å². The summed E-state index contributed by atoms with van der Waals surface area (Å²) in [6.45, 7) is 1.87.